The monoisotopic (exact) mass is 285 g/mol. The fraction of sp³-hybridized carbons (Fsp3) is 0.769. The van der Waals surface area contributed by atoms with E-state index in [4.69, 9.17) is 0 Å². The van der Waals surface area contributed by atoms with E-state index in [9.17, 15) is 8.42 Å². The van der Waals surface area contributed by atoms with Crippen LogP contribution < -0.4 is 5.32 Å². The highest BCUT2D eigenvalue weighted by molar-refractivity contribution is 7.91. The number of hydrogen-bond acceptors (Lipinski definition) is 4. The van der Waals surface area contributed by atoms with Gasteiger partial charge in [-0.25, -0.2) is 8.42 Å². The first kappa shape index (κ1) is 14.5. The van der Waals surface area contributed by atoms with Gasteiger partial charge in [0.2, 0.25) is 0 Å². The molecule has 1 aliphatic rings. The normalized spacial score (nSPS) is 15.9. The van der Waals surface area contributed by atoms with Gasteiger partial charge in [0.1, 0.15) is 9.84 Å². The topological polar surface area (TPSA) is 64.0 Å². The Hall–Kier alpha value is -0.880. The van der Waals surface area contributed by atoms with E-state index in [0.29, 0.717) is 19.0 Å². The summed E-state index contributed by atoms with van der Waals surface area (Å²) in [4.78, 5) is 0. The molecule has 0 bridgehead atoms. The molecule has 6 heteroatoms. The molecule has 0 radical (unpaired) electrons. The van der Waals surface area contributed by atoms with E-state index in [1.807, 2.05) is 17.8 Å². The molecule has 1 heterocycles. The van der Waals surface area contributed by atoms with Crippen molar-refractivity contribution in [3.8, 4) is 0 Å². The van der Waals surface area contributed by atoms with E-state index in [2.05, 4.69) is 10.4 Å². The van der Waals surface area contributed by atoms with Gasteiger partial charge < -0.3 is 5.32 Å². The van der Waals surface area contributed by atoms with E-state index in [0.717, 1.165) is 12.2 Å². The molecule has 0 spiro atoms. The second-order valence-electron chi connectivity index (χ2n) is 5.22. The third kappa shape index (κ3) is 4.31. The van der Waals surface area contributed by atoms with Crippen LogP contribution in [0.4, 0.5) is 0 Å². The maximum Gasteiger partial charge on any atom is 0.150 e. The number of nitrogens with one attached hydrogen (secondary N) is 1. The van der Waals surface area contributed by atoms with Gasteiger partial charge >= 0.3 is 0 Å². The van der Waals surface area contributed by atoms with Gasteiger partial charge in [0.05, 0.1) is 11.9 Å². The smallest absolute Gasteiger partial charge is 0.150 e. The molecule has 0 aliphatic heterocycles. The summed E-state index contributed by atoms with van der Waals surface area (Å²) in [5.74, 6) is 0.472. The highest BCUT2D eigenvalue weighted by Crippen LogP contribution is 2.19. The van der Waals surface area contributed by atoms with Crippen LogP contribution in [-0.2, 0) is 22.9 Å². The van der Waals surface area contributed by atoms with Gasteiger partial charge in [-0.2, -0.15) is 5.10 Å². The summed E-state index contributed by atoms with van der Waals surface area (Å²) in [6.45, 7) is 5.28. The Morgan fingerprint density at radius 2 is 2.21 bits per heavy atom. The lowest BCUT2D eigenvalue weighted by Crippen LogP contribution is -2.16. The van der Waals surface area contributed by atoms with Crippen molar-refractivity contribution in [2.45, 2.75) is 52.2 Å². The van der Waals surface area contributed by atoms with Gasteiger partial charge in [-0.15, -0.1) is 0 Å². The third-order valence-electron chi connectivity index (χ3n) is 3.63. The van der Waals surface area contributed by atoms with E-state index in [1.54, 1.807) is 6.92 Å². The highest BCUT2D eigenvalue weighted by atomic mass is 32.2. The predicted molar refractivity (Wildman–Crippen MR) is 75.8 cm³/mol. The Balaban J connectivity index is 1.83. The zero-order valence-corrected chi connectivity index (χ0v) is 12.5. The molecule has 2 rings (SSSR count). The number of sulfone groups is 1. The summed E-state index contributed by atoms with van der Waals surface area (Å²) in [5, 5.41) is 7.81. The molecule has 1 fully saturated rings. The van der Waals surface area contributed by atoms with E-state index >= 15 is 0 Å². The summed E-state index contributed by atoms with van der Waals surface area (Å²) in [7, 11) is -2.86. The molecule has 108 valence electrons. The zero-order valence-electron chi connectivity index (χ0n) is 11.7. The second-order valence-corrected chi connectivity index (χ2v) is 7.70. The van der Waals surface area contributed by atoms with Crippen molar-refractivity contribution in [1.29, 1.82) is 0 Å². The molecule has 1 aromatic heterocycles. The summed E-state index contributed by atoms with van der Waals surface area (Å²) in [6, 6.07) is 0.692. The number of hydrogen-bond donors (Lipinski definition) is 1. The van der Waals surface area contributed by atoms with Crippen molar-refractivity contribution in [3.63, 3.8) is 0 Å². The Morgan fingerprint density at radius 3 is 2.84 bits per heavy atom. The fourth-order valence-corrected chi connectivity index (χ4v) is 2.86. The van der Waals surface area contributed by atoms with Gasteiger partial charge in [0.15, 0.2) is 0 Å². The standard InChI is InChI=1S/C13H23N3O2S/c1-3-19(17,18)8-4-7-16-11(2)12(10-15-16)9-14-13-5-6-13/h10,13-14H,3-9H2,1-2H3. The van der Waals surface area contributed by atoms with Crippen molar-refractivity contribution < 1.29 is 8.42 Å². The van der Waals surface area contributed by atoms with Gasteiger partial charge in [-0.3, -0.25) is 4.68 Å². The second kappa shape index (κ2) is 6.05. The van der Waals surface area contributed by atoms with Crippen LogP contribution >= 0.6 is 0 Å². The molecule has 0 unspecified atom stereocenters. The van der Waals surface area contributed by atoms with Crippen molar-refractivity contribution in [3.05, 3.63) is 17.5 Å². The molecule has 5 nitrogen and oxygen atoms in total. The van der Waals surface area contributed by atoms with Crippen LogP contribution in [0.25, 0.3) is 0 Å². The lowest BCUT2D eigenvalue weighted by molar-refractivity contribution is 0.565. The molecular weight excluding hydrogens is 262 g/mol. The maximum atomic E-state index is 11.4. The summed E-state index contributed by atoms with van der Waals surface area (Å²) >= 11 is 0. The van der Waals surface area contributed by atoms with Crippen molar-refractivity contribution in [1.82, 2.24) is 15.1 Å². The van der Waals surface area contributed by atoms with Crippen LogP contribution in [0.15, 0.2) is 6.20 Å². The Morgan fingerprint density at radius 1 is 1.47 bits per heavy atom. The average molecular weight is 285 g/mol. The number of nitrogens with zero attached hydrogens (tertiary/aromatic N) is 2. The molecule has 0 atom stereocenters. The van der Waals surface area contributed by atoms with Gasteiger partial charge in [-0.05, 0) is 26.2 Å². The van der Waals surface area contributed by atoms with Crippen LogP contribution in [0.3, 0.4) is 0 Å². The molecule has 0 amide bonds. The predicted octanol–water partition coefficient (Wildman–Crippen LogP) is 1.27. The van der Waals surface area contributed by atoms with Gasteiger partial charge in [0.25, 0.3) is 0 Å². The summed E-state index contributed by atoms with van der Waals surface area (Å²) in [5.41, 5.74) is 2.35. The Kier molecular flexibility index (Phi) is 4.62. The lowest BCUT2D eigenvalue weighted by Gasteiger charge is -2.06. The first-order chi connectivity index (χ1) is 9.02. The average Bonchev–Trinajstić information content (AvgIpc) is 3.14. The summed E-state index contributed by atoms with van der Waals surface area (Å²) in [6.07, 6.45) is 5.08. The molecular formula is C13H23N3O2S. The molecule has 1 aliphatic carbocycles. The third-order valence-corrected chi connectivity index (χ3v) is 5.42. The van der Waals surface area contributed by atoms with Crippen LogP contribution in [0.5, 0.6) is 0 Å². The molecule has 1 N–H and O–H groups in total. The SMILES string of the molecule is CCS(=O)(=O)CCCn1ncc(CNC2CC2)c1C. The maximum absolute atomic E-state index is 11.4. The highest BCUT2D eigenvalue weighted by Gasteiger charge is 2.20. The molecule has 0 saturated heterocycles. The lowest BCUT2D eigenvalue weighted by atomic mass is 10.2. The van der Waals surface area contributed by atoms with Crippen molar-refractivity contribution in [2.24, 2.45) is 0 Å². The number of aryl methyl sites for hydroxylation is 1. The van der Waals surface area contributed by atoms with Gasteiger partial charge in [-0.1, -0.05) is 6.92 Å². The van der Waals surface area contributed by atoms with E-state index in [-0.39, 0.29) is 11.5 Å². The van der Waals surface area contributed by atoms with Crippen LogP contribution in [0.1, 0.15) is 37.4 Å². The van der Waals surface area contributed by atoms with E-state index in [1.165, 1.54) is 18.4 Å². The Bertz CT molecular complexity index is 518. The summed E-state index contributed by atoms with van der Waals surface area (Å²) < 4.78 is 24.8. The van der Waals surface area contributed by atoms with E-state index < -0.39 is 9.84 Å². The van der Waals surface area contributed by atoms with Crippen molar-refractivity contribution in [2.75, 3.05) is 11.5 Å². The van der Waals surface area contributed by atoms with Gasteiger partial charge in [0, 0.05) is 36.1 Å². The first-order valence-electron chi connectivity index (χ1n) is 6.97. The molecule has 1 aromatic rings. The van der Waals surface area contributed by atoms with Crippen molar-refractivity contribution >= 4 is 9.84 Å². The van der Waals surface area contributed by atoms with Crippen LogP contribution in [0.2, 0.25) is 0 Å². The minimum atomic E-state index is -2.86. The molecule has 0 aromatic carbocycles. The van der Waals surface area contributed by atoms with Crippen LogP contribution in [-0.4, -0.2) is 35.7 Å². The molecule has 19 heavy (non-hydrogen) atoms. The molecule has 1 saturated carbocycles. The van der Waals surface area contributed by atoms with Crippen LogP contribution in [0, 0.1) is 6.92 Å². The number of rotatable bonds is 8. The minimum absolute atomic E-state index is 0.224. The fourth-order valence-electron chi connectivity index (χ4n) is 2.00. The Labute approximate surface area is 115 Å². The minimum Gasteiger partial charge on any atom is -0.310 e. The zero-order chi connectivity index (χ0) is 13.9. The largest absolute Gasteiger partial charge is 0.310 e. The number of aromatic nitrogens is 2. The first-order valence-corrected chi connectivity index (χ1v) is 8.79. The quantitative estimate of drug-likeness (QED) is 0.781.